The van der Waals surface area contributed by atoms with E-state index in [0.29, 0.717) is 11.8 Å². The molecule has 0 spiro atoms. The molecule has 0 fully saturated rings. The van der Waals surface area contributed by atoms with Crippen molar-refractivity contribution < 1.29 is 4.74 Å². The molecule has 2 atom stereocenters. The molecule has 2 nitrogen and oxygen atoms in total. The van der Waals surface area contributed by atoms with Gasteiger partial charge in [-0.05, 0) is 17.5 Å². The van der Waals surface area contributed by atoms with Crippen molar-refractivity contribution >= 4 is 0 Å². The van der Waals surface area contributed by atoms with Gasteiger partial charge in [0.25, 0.3) is 0 Å². The van der Waals surface area contributed by atoms with Gasteiger partial charge in [-0.25, -0.2) is 4.98 Å². The van der Waals surface area contributed by atoms with E-state index in [-0.39, 0.29) is 0 Å². The fraction of sp³-hybridized carbons (Fsp3) is 0.364. The van der Waals surface area contributed by atoms with Gasteiger partial charge in [-0.1, -0.05) is 12.2 Å². The molecule has 1 heterocycles. The lowest BCUT2D eigenvalue weighted by Crippen LogP contribution is -1.96. The summed E-state index contributed by atoms with van der Waals surface area (Å²) in [4.78, 5) is 4.23. The second-order valence-corrected chi connectivity index (χ2v) is 3.69. The standard InChI is InChI=1S/C11H11NO/c1-13-11-5-9-7-2-3-8(4-7)10(9)6-12-11/h2-3,5-8H,4H2,1H3. The quantitative estimate of drug-likeness (QED) is 0.607. The van der Waals surface area contributed by atoms with Crippen LogP contribution in [0.2, 0.25) is 0 Å². The highest BCUT2D eigenvalue weighted by Gasteiger charge is 2.32. The van der Waals surface area contributed by atoms with Crippen LogP contribution < -0.4 is 4.74 Å². The SMILES string of the molecule is COc1cc2c(cn1)C1C=CC2C1. The predicted molar refractivity (Wildman–Crippen MR) is 50.0 cm³/mol. The number of rotatable bonds is 1. The second kappa shape index (κ2) is 2.34. The normalized spacial score (nSPS) is 27.8. The average molecular weight is 173 g/mol. The Morgan fingerprint density at radius 3 is 2.85 bits per heavy atom. The zero-order valence-electron chi connectivity index (χ0n) is 7.53. The summed E-state index contributed by atoms with van der Waals surface area (Å²) in [7, 11) is 1.66. The molecule has 2 aliphatic rings. The molecule has 13 heavy (non-hydrogen) atoms. The Hall–Kier alpha value is -1.31. The number of methoxy groups -OCH3 is 1. The van der Waals surface area contributed by atoms with Gasteiger partial charge in [0.2, 0.25) is 5.88 Å². The number of hydrogen-bond acceptors (Lipinski definition) is 2. The first kappa shape index (κ1) is 7.13. The summed E-state index contributed by atoms with van der Waals surface area (Å²) in [5.41, 5.74) is 2.81. The average Bonchev–Trinajstić information content (AvgIpc) is 2.77. The molecule has 1 aromatic rings. The molecule has 0 radical (unpaired) electrons. The smallest absolute Gasteiger partial charge is 0.213 e. The third-order valence-electron chi connectivity index (χ3n) is 3.03. The van der Waals surface area contributed by atoms with Crippen molar-refractivity contribution in [1.29, 1.82) is 0 Å². The fourth-order valence-electron chi connectivity index (χ4n) is 2.36. The van der Waals surface area contributed by atoms with Crippen LogP contribution in [0.5, 0.6) is 5.88 Å². The van der Waals surface area contributed by atoms with E-state index >= 15 is 0 Å². The Balaban J connectivity index is 2.14. The van der Waals surface area contributed by atoms with E-state index < -0.39 is 0 Å². The maximum atomic E-state index is 5.11. The van der Waals surface area contributed by atoms with Crippen LogP contribution in [0.15, 0.2) is 24.4 Å². The molecule has 0 aromatic carbocycles. The fourth-order valence-corrected chi connectivity index (χ4v) is 2.36. The molecule has 2 aliphatic carbocycles. The van der Waals surface area contributed by atoms with E-state index in [2.05, 4.69) is 23.2 Å². The van der Waals surface area contributed by atoms with Crippen LogP contribution in [-0.4, -0.2) is 12.1 Å². The number of nitrogens with zero attached hydrogens (tertiary/aromatic N) is 1. The molecule has 2 heteroatoms. The van der Waals surface area contributed by atoms with E-state index in [1.54, 1.807) is 7.11 Å². The molecule has 0 N–H and O–H groups in total. The Morgan fingerprint density at radius 2 is 2.08 bits per heavy atom. The molecule has 3 rings (SSSR count). The van der Waals surface area contributed by atoms with Crippen molar-refractivity contribution in [3.05, 3.63) is 35.5 Å². The van der Waals surface area contributed by atoms with Gasteiger partial charge >= 0.3 is 0 Å². The molecule has 0 saturated carbocycles. The third kappa shape index (κ3) is 0.857. The largest absolute Gasteiger partial charge is 0.481 e. The van der Waals surface area contributed by atoms with Gasteiger partial charge < -0.3 is 4.74 Å². The minimum absolute atomic E-state index is 0.622. The molecule has 0 aliphatic heterocycles. The van der Waals surface area contributed by atoms with Crippen LogP contribution in [0.3, 0.4) is 0 Å². The first-order chi connectivity index (χ1) is 6.38. The third-order valence-corrected chi connectivity index (χ3v) is 3.03. The summed E-state index contributed by atoms with van der Waals surface area (Å²) in [5.74, 6) is 1.98. The molecule has 66 valence electrons. The Kier molecular flexibility index (Phi) is 1.29. The van der Waals surface area contributed by atoms with Crippen LogP contribution in [0, 0.1) is 0 Å². The number of pyridine rings is 1. The summed E-state index contributed by atoms with van der Waals surface area (Å²) in [6, 6.07) is 2.07. The summed E-state index contributed by atoms with van der Waals surface area (Å²) in [5, 5.41) is 0. The van der Waals surface area contributed by atoms with Gasteiger partial charge in [-0.2, -0.15) is 0 Å². The van der Waals surface area contributed by atoms with Crippen LogP contribution in [-0.2, 0) is 0 Å². The lowest BCUT2D eigenvalue weighted by molar-refractivity contribution is 0.397. The van der Waals surface area contributed by atoms with Gasteiger partial charge in [0.15, 0.2) is 0 Å². The summed E-state index contributed by atoms with van der Waals surface area (Å²) in [6.45, 7) is 0. The van der Waals surface area contributed by atoms with E-state index in [4.69, 9.17) is 4.74 Å². The van der Waals surface area contributed by atoms with Gasteiger partial charge in [0, 0.05) is 24.1 Å². The second-order valence-electron chi connectivity index (χ2n) is 3.69. The molecule has 1 aromatic heterocycles. The highest BCUT2D eigenvalue weighted by Crippen LogP contribution is 2.48. The number of ether oxygens (including phenoxy) is 1. The lowest BCUT2D eigenvalue weighted by Gasteiger charge is -2.10. The van der Waals surface area contributed by atoms with Gasteiger partial charge in [0.05, 0.1) is 7.11 Å². The predicted octanol–water partition coefficient (Wildman–Crippen LogP) is 2.23. The maximum absolute atomic E-state index is 5.11. The number of aromatic nitrogens is 1. The lowest BCUT2D eigenvalue weighted by atomic mass is 9.99. The van der Waals surface area contributed by atoms with Crippen LogP contribution in [0.1, 0.15) is 29.4 Å². The van der Waals surface area contributed by atoms with E-state index in [1.165, 1.54) is 17.5 Å². The van der Waals surface area contributed by atoms with Crippen LogP contribution in [0.4, 0.5) is 0 Å². The van der Waals surface area contributed by atoms with Crippen molar-refractivity contribution in [3.8, 4) is 5.88 Å². The Bertz CT molecular complexity index is 384. The molecular weight excluding hydrogens is 162 g/mol. The van der Waals surface area contributed by atoms with Crippen LogP contribution in [0.25, 0.3) is 0 Å². The Labute approximate surface area is 77.3 Å². The van der Waals surface area contributed by atoms with Crippen LogP contribution >= 0.6 is 0 Å². The molecule has 0 saturated heterocycles. The number of allylic oxidation sites excluding steroid dienone is 2. The summed E-state index contributed by atoms with van der Waals surface area (Å²) >= 11 is 0. The van der Waals surface area contributed by atoms with Crippen molar-refractivity contribution in [2.75, 3.05) is 7.11 Å². The molecule has 2 unspecified atom stereocenters. The first-order valence-electron chi connectivity index (χ1n) is 4.60. The molecule has 2 bridgehead atoms. The monoisotopic (exact) mass is 173 g/mol. The highest BCUT2D eigenvalue weighted by molar-refractivity contribution is 5.47. The Morgan fingerprint density at radius 1 is 1.31 bits per heavy atom. The number of hydrogen-bond donors (Lipinski definition) is 0. The first-order valence-corrected chi connectivity index (χ1v) is 4.60. The topological polar surface area (TPSA) is 22.1 Å². The van der Waals surface area contributed by atoms with Crippen molar-refractivity contribution in [1.82, 2.24) is 4.98 Å². The molecule has 0 amide bonds. The van der Waals surface area contributed by atoms with Crippen molar-refractivity contribution in [2.45, 2.75) is 18.3 Å². The zero-order valence-corrected chi connectivity index (χ0v) is 7.53. The molecular formula is C11H11NO. The highest BCUT2D eigenvalue weighted by atomic mass is 16.5. The van der Waals surface area contributed by atoms with Crippen molar-refractivity contribution in [3.63, 3.8) is 0 Å². The zero-order chi connectivity index (χ0) is 8.84. The van der Waals surface area contributed by atoms with E-state index in [9.17, 15) is 0 Å². The minimum atomic E-state index is 0.622. The summed E-state index contributed by atoms with van der Waals surface area (Å²) < 4.78 is 5.11. The maximum Gasteiger partial charge on any atom is 0.213 e. The summed E-state index contributed by atoms with van der Waals surface area (Å²) in [6.07, 6.45) is 7.79. The van der Waals surface area contributed by atoms with Crippen molar-refractivity contribution in [2.24, 2.45) is 0 Å². The van der Waals surface area contributed by atoms with Gasteiger partial charge in [-0.15, -0.1) is 0 Å². The number of fused-ring (bicyclic) bond motifs is 5. The van der Waals surface area contributed by atoms with Gasteiger partial charge in [-0.3, -0.25) is 0 Å². The minimum Gasteiger partial charge on any atom is -0.481 e. The van der Waals surface area contributed by atoms with E-state index in [1.807, 2.05) is 6.20 Å². The van der Waals surface area contributed by atoms with E-state index in [0.717, 1.165) is 5.88 Å². The van der Waals surface area contributed by atoms with Gasteiger partial charge in [0.1, 0.15) is 0 Å².